The van der Waals surface area contributed by atoms with E-state index in [1.165, 1.54) is 4.31 Å². The molecule has 0 spiro atoms. The van der Waals surface area contributed by atoms with Gasteiger partial charge in [0.05, 0.1) is 4.90 Å². The molecule has 2 rings (SSSR count). The minimum absolute atomic E-state index is 0.225. The lowest BCUT2D eigenvalue weighted by atomic mass is 9.99. The Hall–Kier alpha value is -1.40. The van der Waals surface area contributed by atoms with Gasteiger partial charge >= 0.3 is 0 Å². The zero-order valence-corrected chi connectivity index (χ0v) is 13.3. The van der Waals surface area contributed by atoms with Crippen LogP contribution in [0.25, 0.3) is 0 Å². The molecule has 1 amide bonds. The first-order valence-electron chi connectivity index (χ1n) is 7.29. The van der Waals surface area contributed by atoms with Gasteiger partial charge in [0.2, 0.25) is 15.9 Å². The summed E-state index contributed by atoms with van der Waals surface area (Å²) < 4.78 is 26.5. The van der Waals surface area contributed by atoms with E-state index < -0.39 is 22.0 Å². The Kier molecular flexibility index (Phi) is 4.68. The van der Waals surface area contributed by atoms with E-state index in [9.17, 15) is 13.2 Å². The van der Waals surface area contributed by atoms with Crippen molar-refractivity contribution in [2.45, 2.75) is 50.0 Å². The van der Waals surface area contributed by atoms with Crippen LogP contribution >= 0.6 is 0 Å². The number of amides is 1. The highest BCUT2D eigenvalue weighted by atomic mass is 32.2. The molecule has 0 radical (unpaired) electrons. The fourth-order valence-corrected chi connectivity index (χ4v) is 4.32. The minimum Gasteiger partial charge on any atom is -0.368 e. The van der Waals surface area contributed by atoms with Gasteiger partial charge in [0.1, 0.15) is 6.04 Å². The number of hydrogen-bond acceptors (Lipinski definition) is 3. The minimum atomic E-state index is -3.65. The van der Waals surface area contributed by atoms with Crippen LogP contribution < -0.4 is 5.73 Å². The van der Waals surface area contributed by atoms with Crippen LogP contribution in [0.4, 0.5) is 0 Å². The highest BCUT2D eigenvalue weighted by molar-refractivity contribution is 7.89. The maximum atomic E-state index is 12.6. The van der Waals surface area contributed by atoms with Crippen molar-refractivity contribution in [3.8, 4) is 0 Å². The summed E-state index contributed by atoms with van der Waals surface area (Å²) in [5.41, 5.74) is 6.41. The molecule has 1 aromatic rings. The Morgan fingerprint density at radius 3 is 2.52 bits per heavy atom. The fraction of sp³-hybridized carbons (Fsp3) is 0.533. The number of carbonyl (C=O) groups is 1. The van der Waals surface area contributed by atoms with E-state index in [2.05, 4.69) is 13.8 Å². The third-order valence-electron chi connectivity index (χ3n) is 4.20. The fourth-order valence-electron chi connectivity index (χ4n) is 2.65. The molecule has 0 aliphatic carbocycles. The molecule has 6 heteroatoms. The molecular weight excluding hydrogens is 288 g/mol. The maximum Gasteiger partial charge on any atom is 0.243 e. The molecule has 1 aliphatic rings. The Labute approximate surface area is 126 Å². The lowest BCUT2D eigenvalue weighted by molar-refractivity contribution is -0.121. The highest BCUT2D eigenvalue weighted by Crippen LogP contribution is 2.27. The van der Waals surface area contributed by atoms with Crippen molar-refractivity contribution >= 4 is 15.9 Å². The number of rotatable bonds is 5. The summed E-state index contributed by atoms with van der Waals surface area (Å²) in [6.45, 7) is 4.55. The Bertz CT molecular complexity index is 610. The number of hydrogen-bond donors (Lipinski definition) is 1. The molecule has 21 heavy (non-hydrogen) atoms. The van der Waals surface area contributed by atoms with Gasteiger partial charge in [0.25, 0.3) is 0 Å². The Balaban J connectivity index is 2.29. The smallest absolute Gasteiger partial charge is 0.243 e. The number of nitrogens with zero attached hydrogens (tertiary/aromatic N) is 1. The predicted octanol–water partition coefficient (Wildman–Crippen LogP) is 1.84. The van der Waals surface area contributed by atoms with Crippen molar-refractivity contribution < 1.29 is 13.2 Å². The predicted molar refractivity (Wildman–Crippen MR) is 81.3 cm³/mol. The van der Waals surface area contributed by atoms with Gasteiger partial charge < -0.3 is 5.73 Å². The lowest BCUT2D eigenvalue weighted by Crippen LogP contribution is -2.43. The van der Waals surface area contributed by atoms with E-state index in [0.29, 0.717) is 25.3 Å². The van der Waals surface area contributed by atoms with Crippen molar-refractivity contribution in [2.75, 3.05) is 6.54 Å². The van der Waals surface area contributed by atoms with Gasteiger partial charge in [-0.25, -0.2) is 8.42 Å². The van der Waals surface area contributed by atoms with Crippen molar-refractivity contribution in [3.05, 3.63) is 29.8 Å². The highest BCUT2D eigenvalue weighted by Gasteiger charge is 2.38. The zero-order chi connectivity index (χ0) is 15.6. The van der Waals surface area contributed by atoms with Gasteiger partial charge in [0, 0.05) is 6.54 Å². The van der Waals surface area contributed by atoms with Crippen LogP contribution in [0.5, 0.6) is 0 Å². The van der Waals surface area contributed by atoms with E-state index in [1.807, 2.05) is 12.1 Å². The van der Waals surface area contributed by atoms with E-state index in [4.69, 9.17) is 5.73 Å². The number of sulfonamides is 1. The summed E-state index contributed by atoms with van der Waals surface area (Å²) in [4.78, 5) is 11.6. The quantitative estimate of drug-likeness (QED) is 0.901. The van der Waals surface area contributed by atoms with E-state index in [1.54, 1.807) is 12.1 Å². The maximum absolute atomic E-state index is 12.6. The van der Waals surface area contributed by atoms with Crippen LogP contribution in [0.3, 0.4) is 0 Å². The molecule has 2 unspecified atom stereocenters. The zero-order valence-electron chi connectivity index (χ0n) is 12.5. The molecule has 1 saturated heterocycles. The average Bonchev–Trinajstić information content (AvgIpc) is 2.97. The number of carbonyl (C=O) groups excluding carboxylic acids is 1. The topological polar surface area (TPSA) is 80.5 Å². The molecule has 1 aromatic carbocycles. The van der Waals surface area contributed by atoms with Gasteiger partial charge in [-0.05, 0) is 42.9 Å². The van der Waals surface area contributed by atoms with Crippen LogP contribution in [0, 0.1) is 0 Å². The molecule has 1 heterocycles. The molecule has 0 aromatic heterocycles. The number of benzene rings is 1. The third-order valence-corrected chi connectivity index (χ3v) is 6.12. The first-order valence-corrected chi connectivity index (χ1v) is 8.73. The second kappa shape index (κ2) is 6.15. The molecule has 5 nitrogen and oxygen atoms in total. The van der Waals surface area contributed by atoms with Gasteiger partial charge in [-0.2, -0.15) is 4.31 Å². The summed E-state index contributed by atoms with van der Waals surface area (Å²) in [7, 11) is -3.65. The van der Waals surface area contributed by atoms with Crippen molar-refractivity contribution in [2.24, 2.45) is 5.73 Å². The largest absolute Gasteiger partial charge is 0.368 e. The SMILES string of the molecule is CCC(C)c1ccc(S(=O)(=O)N2CCCC2C(N)=O)cc1. The van der Waals surface area contributed by atoms with Gasteiger partial charge in [-0.15, -0.1) is 0 Å². The van der Waals surface area contributed by atoms with Crippen LogP contribution in [0.2, 0.25) is 0 Å². The summed E-state index contributed by atoms with van der Waals surface area (Å²) in [5, 5.41) is 0. The van der Waals surface area contributed by atoms with E-state index >= 15 is 0 Å². The normalized spacial score (nSPS) is 21.3. The molecule has 1 aliphatic heterocycles. The second-order valence-corrected chi connectivity index (χ2v) is 7.45. The van der Waals surface area contributed by atoms with Gasteiger partial charge in [-0.1, -0.05) is 26.0 Å². The number of primary amides is 1. The van der Waals surface area contributed by atoms with Crippen LogP contribution in [0.15, 0.2) is 29.2 Å². The summed E-state index contributed by atoms with van der Waals surface area (Å²) >= 11 is 0. The van der Waals surface area contributed by atoms with Gasteiger partial charge in [0.15, 0.2) is 0 Å². The van der Waals surface area contributed by atoms with E-state index in [0.717, 1.165) is 12.0 Å². The van der Waals surface area contributed by atoms with E-state index in [-0.39, 0.29) is 4.90 Å². The summed E-state index contributed by atoms with van der Waals surface area (Å²) in [5.74, 6) is -0.181. The monoisotopic (exact) mass is 310 g/mol. The molecule has 1 fully saturated rings. The second-order valence-electron chi connectivity index (χ2n) is 5.55. The average molecular weight is 310 g/mol. The first-order chi connectivity index (χ1) is 9.87. The van der Waals surface area contributed by atoms with Crippen molar-refractivity contribution in [3.63, 3.8) is 0 Å². The number of nitrogens with two attached hydrogens (primary N) is 1. The molecule has 0 saturated carbocycles. The lowest BCUT2D eigenvalue weighted by Gasteiger charge is -2.22. The van der Waals surface area contributed by atoms with Crippen molar-refractivity contribution in [1.29, 1.82) is 0 Å². The third kappa shape index (κ3) is 3.11. The van der Waals surface area contributed by atoms with Crippen LogP contribution in [-0.4, -0.2) is 31.2 Å². The van der Waals surface area contributed by atoms with Crippen molar-refractivity contribution in [1.82, 2.24) is 4.31 Å². The Morgan fingerprint density at radius 2 is 2.00 bits per heavy atom. The molecule has 0 bridgehead atoms. The molecule has 2 atom stereocenters. The molecule has 116 valence electrons. The summed E-state index contributed by atoms with van der Waals surface area (Å²) in [6.07, 6.45) is 2.17. The molecular formula is C15H22N2O3S. The van der Waals surface area contributed by atoms with Crippen LogP contribution in [-0.2, 0) is 14.8 Å². The van der Waals surface area contributed by atoms with Crippen LogP contribution in [0.1, 0.15) is 44.6 Å². The first kappa shape index (κ1) is 16.0. The summed E-state index contributed by atoms with van der Waals surface area (Å²) in [6, 6.07) is 6.21. The van der Waals surface area contributed by atoms with Gasteiger partial charge in [-0.3, -0.25) is 4.79 Å². The standard InChI is InChI=1S/C15H22N2O3S/c1-3-11(2)12-6-8-13(9-7-12)21(19,20)17-10-4-5-14(17)15(16)18/h6-9,11,14H,3-5,10H2,1-2H3,(H2,16,18). The molecule has 2 N–H and O–H groups in total. The Morgan fingerprint density at radius 1 is 1.38 bits per heavy atom.